The first-order valence-corrected chi connectivity index (χ1v) is 6.25. The van der Waals surface area contributed by atoms with E-state index in [4.69, 9.17) is 5.73 Å². The zero-order valence-corrected chi connectivity index (χ0v) is 11.0. The van der Waals surface area contributed by atoms with Crippen LogP contribution in [0.25, 0.3) is 0 Å². The Kier molecular flexibility index (Phi) is 3.87. The quantitative estimate of drug-likeness (QED) is 0.628. The number of nitrogens with zero attached hydrogens (tertiary/aromatic N) is 2. The van der Waals surface area contributed by atoms with Gasteiger partial charge in [0.05, 0.1) is 5.69 Å². The molecule has 1 aromatic heterocycles. The van der Waals surface area contributed by atoms with Crippen LogP contribution in [0.5, 0.6) is 0 Å². The number of hydrogen-bond donors (Lipinski definition) is 2. The van der Waals surface area contributed by atoms with Crippen molar-refractivity contribution < 1.29 is 0 Å². The second-order valence-electron chi connectivity index (χ2n) is 4.55. The van der Waals surface area contributed by atoms with E-state index in [0.29, 0.717) is 0 Å². The molecule has 1 heterocycles. The molecular weight excluding hydrogens is 224 g/mol. The Morgan fingerprint density at radius 3 is 2.56 bits per heavy atom. The van der Waals surface area contributed by atoms with Gasteiger partial charge in [-0.1, -0.05) is 0 Å². The molecule has 4 heteroatoms. The summed E-state index contributed by atoms with van der Waals surface area (Å²) in [6, 6.07) is 9.91. The Labute approximate surface area is 108 Å². The van der Waals surface area contributed by atoms with Crippen molar-refractivity contribution >= 4 is 11.4 Å². The van der Waals surface area contributed by atoms with Gasteiger partial charge in [0.1, 0.15) is 0 Å². The van der Waals surface area contributed by atoms with Gasteiger partial charge in [-0.2, -0.15) is 5.10 Å². The highest BCUT2D eigenvalue weighted by molar-refractivity contribution is 5.51. The number of aromatic nitrogens is 2. The van der Waals surface area contributed by atoms with Crippen molar-refractivity contribution in [2.75, 3.05) is 17.6 Å². The van der Waals surface area contributed by atoms with Crippen molar-refractivity contribution in [2.24, 2.45) is 0 Å². The van der Waals surface area contributed by atoms with E-state index in [1.165, 1.54) is 5.69 Å². The molecule has 0 fully saturated rings. The van der Waals surface area contributed by atoms with Gasteiger partial charge < -0.3 is 11.1 Å². The van der Waals surface area contributed by atoms with Gasteiger partial charge in [0.15, 0.2) is 0 Å². The molecule has 0 spiro atoms. The molecule has 0 amide bonds. The molecule has 2 rings (SSSR count). The van der Waals surface area contributed by atoms with Crippen LogP contribution in [0.2, 0.25) is 0 Å². The maximum absolute atomic E-state index is 5.64. The first-order valence-electron chi connectivity index (χ1n) is 6.25. The minimum atomic E-state index is 0.795. The summed E-state index contributed by atoms with van der Waals surface area (Å²) >= 11 is 0. The van der Waals surface area contributed by atoms with E-state index in [1.807, 2.05) is 31.2 Å². The Bertz CT molecular complexity index is 499. The molecule has 2 aromatic rings. The molecule has 18 heavy (non-hydrogen) atoms. The number of nitrogen functional groups attached to an aromatic ring is 1. The van der Waals surface area contributed by atoms with Gasteiger partial charge >= 0.3 is 0 Å². The zero-order valence-electron chi connectivity index (χ0n) is 11.0. The van der Waals surface area contributed by atoms with Gasteiger partial charge in [-0.15, -0.1) is 0 Å². The highest BCUT2D eigenvalue weighted by Crippen LogP contribution is 2.10. The predicted octanol–water partition coefficient (Wildman–Crippen LogP) is 2.58. The number of rotatable bonds is 5. The molecule has 0 aliphatic carbocycles. The van der Waals surface area contributed by atoms with Crippen LogP contribution in [0.15, 0.2) is 30.3 Å². The summed E-state index contributed by atoms with van der Waals surface area (Å²) in [6.07, 6.45) is 1.05. The number of benzene rings is 1. The molecule has 0 radical (unpaired) electrons. The average molecular weight is 244 g/mol. The monoisotopic (exact) mass is 244 g/mol. The van der Waals surface area contributed by atoms with E-state index in [1.54, 1.807) is 0 Å². The van der Waals surface area contributed by atoms with Crippen molar-refractivity contribution in [3.05, 3.63) is 41.7 Å². The van der Waals surface area contributed by atoms with Gasteiger partial charge in [0.25, 0.3) is 0 Å². The Morgan fingerprint density at radius 1 is 1.22 bits per heavy atom. The molecule has 0 atom stereocenters. The van der Waals surface area contributed by atoms with E-state index < -0.39 is 0 Å². The fraction of sp³-hybridized carbons (Fsp3) is 0.357. The van der Waals surface area contributed by atoms with Crippen LogP contribution in [0, 0.1) is 13.8 Å². The number of nitrogens with one attached hydrogen (secondary N) is 1. The largest absolute Gasteiger partial charge is 0.399 e. The number of aryl methyl sites for hydroxylation is 3. The molecule has 0 saturated heterocycles. The third kappa shape index (κ3) is 3.26. The van der Waals surface area contributed by atoms with Gasteiger partial charge in [0.2, 0.25) is 0 Å². The lowest BCUT2D eigenvalue weighted by Crippen LogP contribution is -2.08. The van der Waals surface area contributed by atoms with Crippen molar-refractivity contribution in [1.29, 1.82) is 0 Å². The average Bonchev–Trinajstić information content (AvgIpc) is 2.66. The van der Waals surface area contributed by atoms with Crippen molar-refractivity contribution in [1.82, 2.24) is 9.78 Å². The summed E-state index contributed by atoms with van der Waals surface area (Å²) in [7, 11) is 0. The van der Waals surface area contributed by atoms with E-state index in [-0.39, 0.29) is 0 Å². The predicted molar refractivity (Wildman–Crippen MR) is 75.7 cm³/mol. The van der Waals surface area contributed by atoms with Crippen LogP contribution in [0.3, 0.4) is 0 Å². The van der Waals surface area contributed by atoms with Gasteiger partial charge in [-0.25, -0.2) is 0 Å². The normalized spacial score (nSPS) is 10.6. The topological polar surface area (TPSA) is 55.9 Å². The smallest absolute Gasteiger partial charge is 0.0596 e. The van der Waals surface area contributed by atoms with Crippen LogP contribution >= 0.6 is 0 Å². The van der Waals surface area contributed by atoms with Gasteiger partial charge in [-0.3, -0.25) is 4.68 Å². The van der Waals surface area contributed by atoms with Crippen molar-refractivity contribution in [3.63, 3.8) is 0 Å². The van der Waals surface area contributed by atoms with Crippen LogP contribution in [0.4, 0.5) is 11.4 Å². The van der Waals surface area contributed by atoms with E-state index >= 15 is 0 Å². The van der Waals surface area contributed by atoms with Crippen LogP contribution in [-0.4, -0.2) is 16.3 Å². The molecule has 0 aliphatic rings. The maximum Gasteiger partial charge on any atom is 0.0596 e. The maximum atomic E-state index is 5.64. The molecular formula is C14H20N4. The summed E-state index contributed by atoms with van der Waals surface area (Å²) < 4.78 is 2.06. The summed E-state index contributed by atoms with van der Waals surface area (Å²) in [4.78, 5) is 0. The first kappa shape index (κ1) is 12.5. The zero-order chi connectivity index (χ0) is 13.0. The molecule has 3 N–H and O–H groups in total. The SMILES string of the molecule is Cc1cc(C)n(CCCNc2ccc(N)cc2)n1. The lowest BCUT2D eigenvalue weighted by molar-refractivity contribution is 0.574. The van der Waals surface area contributed by atoms with Crippen molar-refractivity contribution in [3.8, 4) is 0 Å². The Hall–Kier alpha value is -1.97. The van der Waals surface area contributed by atoms with Gasteiger partial charge in [0, 0.05) is 30.2 Å². The first-order chi connectivity index (χ1) is 8.65. The summed E-state index contributed by atoms with van der Waals surface area (Å²) in [5.74, 6) is 0. The molecule has 0 unspecified atom stereocenters. The third-order valence-corrected chi connectivity index (χ3v) is 2.89. The second kappa shape index (κ2) is 5.58. The molecule has 96 valence electrons. The Balaban J connectivity index is 1.76. The minimum absolute atomic E-state index is 0.795. The van der Waals surface area contributed by atoms with Crippen LogP contribution in [-0.2, 0) is 6.54 Å². The lowest BCUT2D eigenvalue weighted by atomic mass is 10.3. The third-order valence-electron chi connectivity index (χ3n) is 2.89. The second-order valence-corrected chi connectivity index (χ2v) is 4.55. The van der Waals surface area contributed by atoms with Crippen LogP contribution in [0.1, 0.15) is 17.8 Å². The standard InChI is InChI=1S/C14H20N4/c1-11-10-12(2)18(17-11)9-3-8-16-14-6-4-13(15)5-7-14/h4-7,10,16H,3,8-9,15H2,1-2H3. The number of nitrogens with two attached hydrogens (primary N) is 1. The fourth-order valence-electron chi connectivity index (χ4n) is 1.96. The minimum Gasteiger partial charge on any atom is -0.399 e. The molecule has 4 nitrogen and oxygen atoms in total. The fourth-order valence-corrected chi connectivity index (χ4v) is 1.96. The molecule has 0 aliphatic heterocycles. The number of anilines is 2. The van der Waals surface area contributed by atoms with E-state index in [0.717, 1.165) is 36.6 Å². The highest BCUT2D eigenvalue weighted by atomic mass is 15.3. The van der Waals surface area contributed by atoms with Crippen LogP contribution < -0.4 is 11.1 Å². The summed E-state index contributed by atoms with van der Waals surface area (Å²) in [5, 5.41) is 7.81. The molecule has 0 saturated carbocycles. The summed E-state index contributed by atoms with van der Waals surface area (Å²) in [5.41, 5.74) is 9.85. The Morgan fingerprint density at radius 2 is 1.94 bits per heavy atom. The summed E-state index contributed by atoms with van der Waals surface area (Å²) in [6.45, 7) is 5.99. The van der Waals surface area contributed by atoms with Crippen molar-refractivity contribution in [2.45, 2.75) is 26.8 Å². The van der Waals surface area contributed by atoms with E-state index in [9.17, 15) is 0 Å². The lowest BCUT2D eigenvalue weighted by Gasteiger charge is -2.07. The highest BCUT2D eigenvalue weighted by Gasteiger charge is 1.99. The molecule has 0 bridgehead atoms. The van der Waals surface area contributed by atoms with Gasteiger partial charge in [-0.05, 0) is 50.6 Å². The number of hydrogen-bond acceptors (Lipinski definition) is 3. The van der Waals surface area contributed by atoms with E-state index in [2.05, 4.69) is 28.1 Å². The molecule has 1 aromatic carbocycles.